The van der Waals surface area contributed by atoms with E-state index >= 15 is 0 Å². The zero-order valence-electron chi connectivity index (χ0n) is 12.1. The van der Waals surface area contributed by atoms with Crippen LogP contribution in [0.15, 0.2) is 24.3 Å². The smallest absolute Gasteiger partial charge is 0.119 e. The van der Waals surface area contributed by atoms with Crippen molar-refractivity contribution in [1.29, 1.82) is 0 Å². The van der Waals surface area contributed by atoms with E-state index in [1.165, 1.54) is 12.8 Å². The van der Waals surface area contributed by atoms with E-state index < -0.39 is 6.10 Å². The maximum Gasteiger partial charge on any atom is 0.119 e. The molecule has 1 aliphatic carbocycles. The van der Waals surface area contributed by atoms with Gasteiger partial charge in [0.25, 0.3) is 0 Å². The Labute approximate surface area is 120 Å². The molecule has 1 aromatic carbocycles. The van der Waals surface area contributed by atoms with Gasteiger partial charge >= 0.3 is 0 Å². The molecule has 4 nitrogen and oxygen atoms in total. The first-order chi connectivity index (χ1) is 9.63. The number of aliphatic hydroxyl groups is 1. The quantitative estimate of drug-likeness (QED) is 0.786. The Bertz CT molecular complexity index is 393. The van der Waals surface area contributed by atoms with Gasteiger partial charge < -0.3 is 20.3 Å². The van der Waals surface area contributed by atoms with E-state index in [4.69, 9.17) is 15.2 Å². The standard InChI is InChI=1S/C16H25NO3/c1-12-3-2-4-16(9-12)20-11-14(18)10-19-15-7-5-13(17)6-8-15/h5-8,12,14,16,18H,2-4,9-11,17H2,1H3. The monoisotopic (exact) mass is 279 g/mol. The molecule has 4 heteroatoms. The van der Waals surface area contributed by atoms with Crippen molar-refractivity contribution in [2.45, 2.75) is 44.8 Å². The van der Waals surface area contributed by atoms with Crippen molar-refractivity contribution in [2.24, 2.45) is 5.92 Å². The molecule has 20 heavy (non-hydrogen) atoms. The first-order valence-corrected chi connectivity index (χ1v) is 7.41. The van der Waals surface area contributed by atoms with E-state index in [0.717, 1.165) is 18.8 Å². The lowest BCUT2D eigenvalue weighted by atomic mass is 9.89. The number of nitrogen functional groups attached to an aromatic ring is 1. The van der Waals surface area contributed by atoms with Crippen molar-refractivity contribution in [2.75, 3.05) is 18.9 Å². The fourth-order valence-electron chi connectivity index (χ4n) is 2.58. The zero-order valence-corrected chi connectivity index (χ0v) is 12.1. The third-order valence-electron chi connectivity index (χ3n) is 3.74. The van der Waals surface area contributed by atoms with Gasteiger partial charge in [0, 0.05) is 5.69 Å². The summed E-state index contributed by atoms with van der Waals surface area (Å²) in [6, 6.07) is 7.15. The first-order valence-electron chi connectivity index (χ1n) is 7.41. The molecule has 0 spiro atoms. The molecule has 3 unspecified atom stereocenters. The Morgan fingerprint density at radius 2 is 2.00 bits per heavy atom. The zero-order chi connectivity index (χ0) is 14.4. The number of ether oxygens (including phenoxy) is 2. The van der Waals surface area contributed by atoms with Gasteiger partial charge in [0.1, 0.15) is 18.5 Å². The van der Waals surface area contributed by atoms with Crippen molar-refractivity contribution in [1.82, 2.24) is 0 Å². The van der Waals surface area contributed by atoms with Crippen LogP contribution in [-0.2, 0) is 4.74 Å². The fourth-order valence-corrected chi connectivity index (χ4v) is 2.58. The molecule has 0 amide bonds. The summed E-state index contributed by atoms with van der Waals surface area (Å²) in [6.07, 6.45) is 4.43. The number of aliphatic hydroxyl groups excluding tert-OH is 1. The molecule has 112 valence electrons. The second-order valence-corrected chi connectivity index (χ2v) is 5.76. The van der Waals surface area contributed by atoms with Crippen LogP contribution < -0.4 is 10.5 Å². The maximum absolute atomic E-state index is 9.89. The number of anilines is 1. The van der Waals surface area contributed by atoms with Gasteiger partial charge in [-0.1, -0.05) is 19.8 Å². The molecule has 0 saturated heterocycles. The highest BCUT2D eigenvalue weighted by Gasteiger charge is 2.20. The van der Waals surface area contributed by atoms with E-state index in [2.05, 4.69) is 6.92 Å². The highest BCUT2D eigenvalue weighted by Crippen LogP contribution is 2.25. The van der Waals surface area contributed by atoms with Crippen molar-refractivity contribution in [3.63, 3.8) is 0 Å². The molecule has 0 radical (unpaired) electrons. The van der Waals surface area contributed by atoms with Crippen molar-refractivity contribution in [3.8, 4) is 5.75 Å². The van der Waals surface area contributed by atoms with Crippen molar-refractivity contribution >= 4 is 5.69 Å². The van der Waals surface area contributed by atoms with Gasteiger partial charge in [0.15, 0.2) is 0 Å². The normalized spacial score (nSPS) is 24.3. The average molecular weight is 279 g/mol. The van der Waals surface area contributed by atoms with Gasteiger partial charge in [-0.25, -0.2) is 0 Å². The molecule has 1 saturated carbocycles. The Balaban J connectivity index is 1.65. The number of rotatable bonds is 6. The van der Waals surface area contributed by atoms with E-state index in [1.807, 2.05) is 0 Å². The SMILES string of the molecule is CC1CCCC(OCC(O)COc2ccc(N)cc2)C1. The van der Waals surface area contributed by atoms with Crippen LogP contribution >= 0.6 is 0 Å². The second kappa shape index (κ2) is 7.50. The summed E-state index contributed by atoms with van der Waals surface area (Å²) in [5, 5.41) is 9.89. The van der Waals surface area contributed by atoms with E-state index in [9.17, 15) is 5.11 Å². The largest absolute Gasteiger partial charge is 0.491 e. The van der Waals surface area contributed by atoms with Crippen LogP contribution in [0.5, 0.6) is 5.75 Å². The summed E-state index contributed by atoms with van der Waals surface area (Å²) in [5.74, 6) is 1.45. The fraction of sp³-hybridized carbons (Fsp3) is 0.625. The maximum atomic E-state index is 9.89. The van der Waals surface area contributed by atoms with Crippen LogP contribution in [0.1, 0.15) is 32.6 Å². The minimum absolute atomic E-state index is 0.242. The number of benzene rings is 1. The number of hydrogen-bond acceptors (Lipinski definition) is 4. The summed E-state index contributed by atoms with van der Waals surface area (Å²) in [6.45, 7) is 2.84. The molecular weight excluding hydrogens is 254 g/mol. The Hall–Kier alpha value is -1.26. The Morgan fingerprint density at radius 3 is 2.70 bits per heavy atom. The lowest BCUT2D eigenvalue weighted by Gasteiger charge is -2.27. The molecule has 0 aromatic heterocycles. The van der Waals surface area contributed by atoms with E-state index in [0.29, 0.717) is 24.1 Å². The van der Waals surface area contributed by atoms with E-state index in [1.54, 1.807) is 24.3 Å². The lowest BCUT2D eigenvalue weighted by molar-refractivity contribution is -0.0426. The summed E-state index contributed by atoms with van der Waals surface area (Å²) in [5.41, 5.74) is 6.30. The van der Waals surface area contributed by atoms with Crippen LogP contribution in [0.25, 0.3) is 0 Å². The van der Waals surface area contributed by atoms with Gasteiger partial charge in [-0.05, 0) is 43.0 Å². The van der Waals surface area contributed by atoms with Gasteiger partial charge in [-0.3, -0.25) is 0 Å². The molecule has 1 aliphatic rings. The molecule has 0 bridgehead atoms. The van der Waals surface area contributed by atoms with Gasteiger partial charge in [0.2, 0.25) is 0 Å². The Kier molecular flexibility index (Phi) is 5.68. The van der Waals surface area contributed by atoms with Crippen LogP contribution in [0.4, 0.5) is 5.69 Å². The highest BCUT2D eigenvalue weighted by atomic mass is 16.5. The molecule has 0 aliphatic heterocycles. The van der Waals surface area contributed by atoms with Crippen molar-refractivity contribution in [3.05, 3.63) is 24.3 Å². The van der Waals surface area contributed by atoms with Crippen LogP contribution in [0.3, 0.4) is 0 Å². The van der Waals surface area contributed by atoms with Crippen molar-refractivity contribution < 1.29 is 14.6 Å². The summed E-state index contributed by atoms with van der Waals surface area (Å²) >= 11 is 0. The molecule has 2 rings (SSSR count). The molecule has 1 fully saturated rings. The predicted octanol–water partition coefficient (Wildman–Crippen LogP) is 2.60. The number of hydrogen-bond donors (Lipinski definition) is 2. The van der Waals surface area contributed by atoms with Gasteiger partial charge in [0.05, 0.1) is 12.7 Å². The highest BCUT2D eigenvalue weighted by molar-refractivity contribution is 5.41. The third kappa shape index (κ3) is 5.02. The van der Waals surface area contributed by atoms with Gasteiger partial charge in [-0.15, -0.1) is 0 Å². The Morgan fingerprint density at radius 1 is 1.25 bits per heavy atom. The predicted molar refractivity (Wildman–Crippen MR) is 79.7 cm³/mol. The van der Waals surface area contributed by atoms with Crippen LogP contribution in [0, 0.1) is 5.92 Å². The third-order valence-corrected chi connectivity index (χ3v) is 3.74. The van der Waals surface area contributed by atoms with E-state index in [-0.39, 0.29) is 6.61 Å². The summed E-state index contributed by atoms with van der Waals surface area (Å²) in [4.78, 5) is 0. The molecule has 1 aromatic rings. The summed E-state index contributed by atoms with van der Waals surface area (Å²) in [7, 11) is 0. The molecule has 3 atom stereocenters. The van der Waals surface area contributed by atoms with Crippen LogP contribution in [0.2, 0.25) is 0 Å². The van der Waals surface area contributed by atoms with Gasteiger partial charge in [-0.2, -0.15) is 0 Å². The minimum atomic E-state index is -0.593. The molecular formula is C16H25NO3. The minimum Gasteiger partial charge on any atom is -0.491 e. The molecule has 0 heterocycles. The second-order valence-electron chi connectivity index (χ2n) is 5.76. The topological polar surface area (TPSA) is 64.7 Å². The lowest BCUT2D eigenvalue weighted by Crippen LogP contribution is -2.29. The first kappa shape index (κ1) is 15.1. The van der Waals surface area contributed by atoms with Crippen LogP contribution in [-0.4, -0.2) is 30.5 Å². The summed E-state index contributed by atoms with van der Waals surface area (Å²) < 4.78 is 11.3. The average Bonchev–Trinajstić information content (AvgIpc) is 2.45. The number of nitrogens with two attached hydrogens (primary N) is 1. The molecule has 3 N–H and O–H groups in total.